The van der Waals surface area contributed by atoms with E-state index in [1.54, 1.807) is 18.2 Å². The van der Waals surface area contributed by atoms with Crippen molar-refractivity contribution in [3.05, 3.63) is 29.3 Å². The second kappa shape index (κ2) is 8.29. The van der Waals surface area contributed by atoms with Gasteiger partial charge in [-0.2, -0.15) is 4.31 Å². The summed E-state index contributed by atoms with van der Waals surface area (Å²) in [6, 6.07) is 6.14. The van der Waals surface area contributed by atoms with E-state index in [0.29, 0.717) is 37.7 Å². The molecule has 1 aliphatic rings. The molecule has 0 unspecified atom stereocenters. The van der Waals surface area contributed by atoms with E-state index in [0.717, 1.165) is 11.3 Å². The van der Waals surface area contributed by atoms with Crippen molar-refractivity contribution < 1.29 is 18.1 Å². The number of nitrogens with zero attached hydrogens (tertiary/aromatic N) is 1. The second-order valence-corrected chi connectivity index (χ2v) is 8.41. The Morgan fingerprint density at radius 2 is 2.04 bits per heavy atom. The summed E-state index contributed by atoms with van der Waals surface area (Å²) >= 11 is 5.90. The normalized spacial score (nSPS) is 18.3. The number of benzene rings is 1. The van der Waals surface area contributed by atoms with Gasteiger partial charge in [-0.25, -0.2) is 8.42 Å². The smallest absolute Gasteiger partial charge is 0.278 e. The van der Waals surface area contributed by atoms with E-state index >= 15 is 0 Å². The van der Waals surface area contributed by atoms with Crippen molar-refractivity contribution in [2.75, 3.05) is 32.7 Å². The molecule has 1 saturated heterocycles. The molecule has 1 aromatic rings. The zero-order chi connectivity index (χ0) is 17.7. The van der Waals surface area contributed by atoms with Gasteiger partial charge in [-0.1, -0.05) is 24.6 Å². The number of quaternary nitrogens is 1. The lowest BCUT2D eigenvalue weighted by atomic mass is 10.2. The van der Waals surface area contributed by atoms with Gasteiger partial charge in [0.15, 0.2) is 6.04 Å². The highest BCUT2D eigenvalue weighted by Crippen LogP contribution is 2.19. The molecule has 0 radical (unpaired) electrons. The molecule has 1 atom stereocenters. The number of hydrogen-bond acceptors (Lipinski definition) is 3. The number of hydrogen-bond donors (Lipinski definition) is 2. The topological polar surface area (TPSA) is 70.9 Å². The molecule has 6 nitrogen and oxygen atoms in total. The van der Waals surface area contributed by atoms with Crippen molar-refractivity contribution in [1.29, 1.82) is 0 Å². The first-order valence-corrected chi connectivity index (χ1v) is 10.1. The molecule has 1 fully saturated rings. The van der Waals surface area contributed by atoms with Gasteiger partial charge in [-0.3, -0.25) is 4.79 Å². The SMILES string of the molecule is CCCNC(=O)[C@@H](C)[NH+]1CCN(S(=O)(=O)c2cccc(Cl)c2)CC1. The number of halogens is 1. The molecule has 8 heteroatoms. The third-order valence-corrected chi connectivity index (χ3v) is 6.48. The molecular weight excluding hydrogens is 350 g/mol. The molecule has 0 bridgehead atoms. The third-order valence-electron chi connectivity index (χ3n) is 4.35. The van der Waals surface area contributed by atoms with Crippen molar-refractivity contribution in [2.24, 2.45) is 0 Å². The van der Waals surface area contributed by atoms with E-state index in [4.69, 9.17) is 11.6 Å². The van der Waals surface area contributed by atoms with Gasteiger partial charge in [0.25, 0.3) is 5.91 Å². The Labute approximate surface area is 148 Å². The van der Waals surface area contributed by atoms with Gasteiger partial charge in [0.05, 0.1) is 31.1 Å². The molecular formula is C16H25ClN3O3S+. The zero-order valence-electron chi connectivity index (χ0n) is 14.1. The molecule has 0 aliphatic carbocycles. The van der Waals surface area contributed by atoms with Crippen molar-refractivity contribution in [3.63, 3.8) is 0 Å². The van der Waals surface area contributed by atoms with Gasteiger partial charge >= 0.3 is 0 Å². The summed E-state index contributed by atoms with van der Waals surface area (Å²) in [7, 11) is -3.53. The van der Waals surface area contributed by atoms with Crippen LogP contribution < -0.4 is 10.2 Å². The zero-order valence-corrected chi connectivity index (χ0v) is 15.7. The van der Waals surface area contributed by atoms with Crippen molar-refractivity contribution >= 4 is 27.5 Å². The third kappa shape index (κ3) is 4.47. The van der Waals surface area contributed by atoms with Crippen LogP contribution in [0.1, 0.15) is 20.3 Å². The minimum absolute atomic E-state index is 0.0259. The van der Waals surface area contributed by atoms with Crippen LogP contribution in [0.15, 0.2) is 29.2 Å². The van der Waals surface area contributed by atoms with Crippen LogP contribution in [0.25, 0.3) is 0 Å². The van der Waals surface area contributed by atoms with Crippen LogP contribution in [0.5, 0.6) is 0 Å². The average molecular weight is 375 g/mol. The molecule has 134 valence electrons. The van der Waals surface area contributed by atoms with E-state index in [1.165, 1.54) is 10.4 Å². The van der Waals surface area contributed by atoms with E-state index in [1.807, 2.05) is 13.8 Å². The lowest BCUT2D eigenvalue weighted by molar-refractivity contribution is -0.917. The Morgan fingerprint density at radius 3 is 2.62 bits per heavy atom. The van der Waals surface area contributed by atoms with Gasteiger partial charge in [-0.15, -0.1) is 0 Å². The number of nitrogens with one attached hydrogen (secondary N) is 2. The molecule has 1 heterocycles. The lowest BCUT2D eigenvalue weighted by Crippen LogP contribution is -3.19. The molecule has 0 spiro atoms. The van der Waals surface area contributed by atoms with Crippen LogP contribution in [0.2, 0.25) is 5.02 Å². The van der Waals surface area contributed by atoms with Crippen molar-refractivity contribution in [3.8, 4) is 0 Å². The summed E-state index contributed by atoms with van der Waals surface area (Å²) in [5.74, 6) is 0.0259. The molecule has 0 aromatic heterocycles. The summed E-state index contributed by atoms with van der Waals surface area (Å²) < 4.78 is 26.8. The summed E-state index contributed by atoms with van der Waals surface area (Å²) in [5.41, 5.74) is 0. The summed E-state index contributed by atoms with van der Waals surface area (Å²) in [6.07, 6.45) is 0.902. The fourth-order valence-corrected chi connectivity index (χ4v) is 4.55. The molecule has 24 heavy (non-hydrogen) atoms. The number of carbonyl (C=O) groups excluding carboxylic acids is 1. The van der Waals surface area contributed by atoms with E-state index in [9.17, 15) is 13.2 Å². The van der Waals surface area contributed by atoms with Crippen LogP contribution in [0.3, 0.4) is 0 Å². The first kappa shape index (κ1) is 19.2. The Bertz CT molecular complexity index is 673. The molecule has 2 rings (SSSR count). The Kier molecular flexibility index (Phi) is 6.62. The van der Waals surface area contributed by atoms with Gasteiger partial charge in [-0.05, 0) is 31.5 Å². The average Bonchev–Trinajstić information content (AvgIpc) is 2.59. The van der Waals surface area contributed by atoms with Gasteiger partial charge in [0, 0.05) is 11.6 Å². The summed E-state index contributed by atoms with van der Waals surface area (Å²) in [4.78, 5) is 13.4. The highest BCUT2D eigenvalue weighted by Gasteiger charge is 2.34. The number of rotatable bonds is 6. The standard InChI is InChI=1S/C16H24ClN3O3S/c1-3-7-18-16(21)13(2)19-8-10-20(11-9-19)24(22,23)15-6-4-5-14(17)12-15/h4-6,12-13H,3,7-11H2,1-2H3,(H,18,21)/p+1/t13-/m1/s1. The molecule has 0 saturated carbocycles. The molecule has 2 N–H and O–H groups in total. The highest BCUT2D eigenvalue weighted by atomic mass is 35.5. The maximum absolute atomic E-state index is 12.7. The maximum Gasteiger partial charge on any atom is 0.278 e. The highest BCUT2D eigenvalue weighted by molar-refractivity contribution is 7.89. The monoisotopic (exact) mass is 374 g/mol. The Morgan fingerprint density at radius 1 is 1.38 bits per heavy atom. The number of sulfonamides is 1. The van der Waals surface area contributed by atoms with Gasteiger partial charge in [0.2, 0.25) is 10.0 Å². The largest absolute Gasteiger partial charge is 0.351 e. The lowest BCUT2D eigenvalue weighted by Gasteiger charge is -2.34. The fourth-order valence-electron chi connectivity index (χ4n) is 2.81. The van der Waals surface area contributed by atoms with Gasteiger partial charge in [0.1, 0.15) is 0 Å². The van der Waals surface area contributed by atoms with Crippen LogP contribution >= 0.6 is 11.6 Å². The van der Waals surface area contributed by atoms with Gasteiger partial charge < -0.3 is 10.2 Å². The van der Waals surface area contributed by atoms with E-state index < -0.39 is 10.0 Å². The molecule has 1 aliphatic heterocycles. The second-order valence-electron chi connectivity index (χ2n) is 6.03. The number of piperazine rings is 1. The first-order valence-electron chi connectivity index (χ1n) is 8.24. The number of amides is 1. The fraction of sp³-hybridized carbons (Fsp3) is 0.562. The Balaban J connectivity index is 1.98. The minimum atomic E-state index is -3.53. The summed E-state index contributed by atoms with van der Waals surface area (Å²) in [5, 5.41) is 3.30. The van der Waals surface area contributed by atoms with Crippen molar-refractivity contribution in [2.45, 2.75) is 31.2 Å². The van der Waals surface area contributed by atoms with Crippen LogP contribution in [0.4, 0.5) is 0 Å². The van der Waals surface area contributed by atoms with Crippen LogP contribution in [0, 0.1) is 0 Å². The predicted molar refractivity (Wildman–Crippen MR) is 93.7 cm³/mol. The minimum Gasteiger partial charge on any atom is -0.351 e. The molecule has 1 aromatic carbocycles. The van der Waals surface area contributed by atoms with Crippen LogP contribution in [-0.2, 0) is 14.8 Å². The van der Waals surface area contributed by atoms with E-state index in [2.05, 4.69) is 5.32 Å². The first-order chi connectivity index (χ1) is 11.4. The Hall–Kier alpha value is -1.15. The molecule has 1 amide bonds. The quantitative estimate of drug-likeness (QED) is 0.744. The van der Waals surface area contributed by atoms with E-state index in [-0.39, 0.29) is 16.8 Å². The maximum atomic E-state index is 12.7. The predicted octanol–water partition coefficient (Wildman–Crippen LogP) is 0.144. The van der Waals surface area contributed by atoms with Crippen molar-refractivity contribution in [1.82, 2.24) is 9.62 Å². The number of carbonyl (C=O) groups is 1. The van der Waals surface area contributed by atoms with Crippen LogP contribution in [-0.4, -0.2) is 57.4 Å². The summed E-state index contributed by atoms with van der Waals surface area (Å²) in [6.45, 7) is 6.59.